The molecule has 10 rings (SSSR count). The summed E-state index contributed by atoms with van der Waals surface area (Å²) in [6.45, 7) is 0. The highest BCUT2D eigenvalue weighted by atomic mass is 16.3. The molecule has 0 atom stereocenters. The summed E-state index contributed by atoms with van der Waals surface area (Å²) in [6.07, 6.45) is 0. The molecule has 0 aliphatic carbocycles. The molecule has 228 valence electrons. The van der Waals surface area contributed by atoms with Gasteiger partial charge in [0, 0.05) is 27.5 Å². The van der Waals surface area contributed by atoms with Crippen LogP contribution in [0.2, 0.25) is 0 Å². The van der Waals surface area contributed by atoms with Gasteiger partial charge in [-0.2, -0.15) is 0 Å². The highest BCUT2D eigenvalue weighted by Gasteiger charge is 2.18. The minimum absolute atomic E-state index is 0.610. The average molecular weight is 626 g/mol. The second-order valence-corrected chi connectivity index (χ2v) is 12.4. The number of rotatable bonds is 4. The quantitative estimate of drug-likeness (QED) is 0.183. The molecule has 0 bridgehead atoms. The molecule has 8 aromatic carbocycles. The smallest absolute Gasteiger partial charge is 0.164 e. The van der Waals surface area contributed by atoms with Gasteiger partial charge in [-0.05, 0) is 67.7 Å². The van der Waals surface area contributed by atoms with E-state index in [-0.39, 0.29) is 0 Å². The Morgan fingerprint density at radius 2 is 0.898 bits per heavy atom. The zero-order valence-corrected chi connectivity index (χ0v) is 26.3. The van der Waals surface area contributed by atoms with Crippen molar-refractivity contribution >= 4 is 54.3 Å². The lowest BCUT2D eigenvalue weighted by atomic mass is 9.94. The molecular formula is C45H27N3O. The predicted octanol–water partition coefficient (Wildman–Crippen LogP) is 11.9. The summed E-state index contributed by atoms with van der Waals surface area (Å²) in [5.41, 5.74) is 6.65. The van der Waals surface area contributed by atoms with Crippen LogP contribution >= 0.6 is 0 Å². The largest absolute Gasteiger partial charge is 0.456 e. The molecule has 2 heterocycles. The third-order valence-electron chi connectivity index (χ3n) is 9.51. The Labute approximate surface area is 282 Å². The Bertz CT molecular complexity index is 2820. The fraction of sp³-hybridized carbons (Fsp3) is 0. The minimum atomic E-state index is 0.610. The Hall–Kier alpha value is -6.65. The molecule has 0 unspecified atom stereocenters. The van der Waals surface area contributed by atoms with E-state index in [0.29, 0.717) is 17.5 Å². The van der Waals surface area contributed by atoms with E-state index in [4.69, 9.17) is 19.4 Å². The lowest BCUT2D eigenvalue weighted by molar-refractivity contribution is 0.669. The molecule has 49 heavy (non-hydrogen) atoms. The summed E-state index contributed by atoms with van der Waals surface area (Å²) in [4.78, 5) is 14.9. The molecular weight excluding hydrogens is 599 g/mol. The first-order chi connectivity index (χ1) is 24.3. The maximum absolute atomic E-state index is 6.54. The zero-order valence-electron chi connectivity index (χ0n) is 26.3. The molecule has 0 saturated carbocycles. The predicted molar refractivity (Wildman–Crippen MR) is 201 cm³/mol. The van der Waals surface area contributed by atoms with Crippen molar-refractivity contribution in [3.05, 3.63) is 164 Å². The molecule has 0 spiro atoms. The number of fused-ring (bicyclic) bond motifs is 8. The highest BCUT2D eigenvalue weighted by Crippen LogP contribution is 2.39. The van der Waals surface area contributed by atoms with E-state index in [1.165, 1.54) is 32.3 Å². The van der Waals surface area contributed by atoms with Crippen LogP contribution in [-0.4, -0.2) is 15.0 Å². The van der Waals surface area contributed by atoms with Gasteiger partial charge in [0.25, 0.3) is 0 Å². The molecule has 0 radical (unpaired) electrons. The number of benzene rings is 8. The van der Waals surface area contributed by atoms with Crippen molar-refractivity contribution in [2.45, 2.75) is 0 Å². The maximum atomic E-state index is 6.54. The SMILES string of the molecule is c1ccc(-c2nc(-c3ccccc3)nc(-c3cccc4oc5cc(-c6ccc7ccc8c9ccccc9ccc8c7c6)ccc5c34)n2)cc1. The monoisotopic (exact) mass is 625 g/mol. The third-order valence-corrected chi connectivity index (χ3v) is 9.51. The van der Waals surface area contributed by atoms with Crippen LogP contribution in [0.15, 0.2) is 168 Å². The van der Waals surface area contributed by atoms with E-state index < -0.39 is 0 Å². The Morgan fingerprint density at radius 3 is 1.65 bits per heavy atom. The summed E-state index contributed by atoms with van der Waals surface area (Å²) in [5.74, 6) is 1.88. The fourth-order valence-electron chi connectivity index (χ4n) is 7.12. The van der Waals surface area contributed by atoms with Gasteiger partial charge in [0.15, 0.2) is 17.5 Å². The van der Waals surface area contributed by atoms with Crippen molar-refractivity contribution in [2.24, 2.45) is 0 Å². The molecule has 0 N–H and O–H groups in total. The van der Waals surface area contributed by atoms with E-state index in [9.17, 15) is 0 Å². The van der Waals surface area contributed by atoms with Gasteiger partial charge in [-0.25, -0.2) is 15.0 Å². The summed E-state index contributed by atoms with van der Waals surface area (Å²) >= 11 is 0. The van der Waals surface area contributed by atoms with Gasteiger partial charge in [-0.1, -0.05) is 140 Å². The topological polar surface area (TPSA) is 51.8 Å². The van der Waals surface area contributed by atoms with E-state index in [1.807, 2.05) is 72.8 Å². The van der Waals surface area contributed by atoms with Gasteiger partial charge in [-0.3, -0.25) is 0 Å². The molecule has 0 aliphatic rings. The minimum Gasteiger partial charge on any atom is -0.456 e. The van der Waals surface area contributed by atoms with Crippen LogP contribution in [0.4, 0.5) is 0 Å². The zero-order chi connectivity index (χ0) is 32.3. The summed E-state index contributed by atoms with van der Waals surface area (Å²) < 4.78 is 6.54. The van der Waals surface area contributed by atoms with Crippen LogP contribution in [0.5, 0.6) is 0 Å². The van der Waals surface area contributed by atoms with Gasteiger partial charge in [0.2, 0.25) is 0 Å². The van der Waals surface area contributed by atoms with Crippen LogP contribution < -0.4 is 0 Å². The van der Waals surface area contributed by atoms with E-state index >= 15 is 0 Å². The van der Waals surface area contributed by atoms with Crippen molar-refractivity contribution in [1.82, 2.24) is 15.0 Å². The maximum Gasteiger partial charge on any atom is 0.164 e. The molecule has 0 saturated heterocycles. The Morgan fingerprint density at radius 1 is 0.327 bits per heavy atom. The van der Waals surface area contributed by atoms with Crippen LogP contribution in [0.25, 0.3) is 99.5 Å². The molecule has 4 heteroatoms. The van der Waals surface area contributed by atoms with Crippen molar-refractivity contribution < 1.29 is 4.42 Å². The standard InChI is InChI=1S/C45H27N3O/c1-3-11-30(12-4-1)43-46-44(31-13-5-2-6-14-31)48-45(47-43)38-16-9-17-40-42(38)37-25-22-33(27-41(37)49-40)32-19-18-29-21-23-35-34-15-8-7-10-28(34)20-24-36(35)39(29)26-32/h1-27H. The van der Waals surface area contributed by atoms with Crippen LogP contribution in [0, 0.1) is 0 Å². The molecule has 10 aromatic rings. The van der Waals surface area contributed by atoms with Crippen LogP contribution in [0.3, 0.4) is 0 Å². The van der Waals surface area contributed by atoms with Gasteiger partial charge < -0.3 is 4.42 Å². The molecule has 2 aromatic heterocycles. The van der Waals surface area contributed by atoms with Gasteiger partial charge >= 0.3 is 0 Å². The normalized spacial score (nSPS) is 11.7. The summed E-state index contributed by atoms with van der Waals surface area (Å²) in [7, 11) is 0. The number of hydrogen-bond donors (Lipinski definition) is 0. The van der Waals surface area contributed by atoms with Crippen molar-refractivity contribution in [1.29, 1.82) is 0 Å². The number of aromatic nitrogens is 3. The lowest BCUT2D eigenvalue weighted by Crippen LogP contribution is -2.00. The van der Waals surface area contributed by atoms with Crippen molar-refractivity contribution in [3.63, 3.8) is 0 Å². The van der Waals surface area contributed by atoms with E-state index in [0.717, 1.165) is 49.8 Å². The van der Waals surface area contributed by atoms with Crippen LogP contribution in [0.1, 0.15) is 0 Å². The van der Waals surface area contributed by atoms with E-state index in [1.54, 1.807) is 0 Å². The number of hydrogen-bond acceptors (Lipinski definition) is 4. The first kappa shape index (κ1) is 27.5. The first-order valence-electron chi connectivity index (χ1n) is 16.4. The molecule has 4 nitrogen and oxygen atoms in total. The summed E-state index contributed by atoms with van der Waals surface area (Å²) in [5, 5.41) is 9.54. The molecule has 0 fully saturated rings. The fourth-order valence-corrected chi connectivity index (χ4v) is 7.12. The second kappa shape index (κ2) is 11.0. The van der Waals surface area contributed by atoms with Crippen molar-refractivity contribution in [3.8, 4) is 45.3 Å². The second-order valence-electron chi connectivity index (χ2n) is 12.4. The van der Waals surface area contributed by atoms with E-state index in [2.05, 4.69) is 91.0 Å². The Kier molecular flexibility index (Phi) is 6.15. The van der Waals surface area contributed by atoms with Gasteiger partial charge in [-0.15, -0.1) is 0 Å². The highest BCUT2D eigenvalue weighted by molar-refractivity contribution is 6.18. The Balaban J connectivity index is 1.13. The molecule has 0 amide bonds. The van der Waals surface area contributed by atoms with Gasteiger partial charge in [0.05, 0.1) is 0 Å². The number of nitrogens with zero attached hydrogens (tertiary/aromatic N) is 3. The lowest BCUT2D eigenvalue weighted by Gasteiger charge is -2.10. The van der Waals surface area contributed by atoms with Crippen LogP contribution in [-0.2, 0) is 0 Å². The molecule has 0 aliphatic heterocycles. The number of furan rings is 1. The van der Waals surface area contributed by atoms with Crippen molar-refractivity contribution in [2.75, 3.05) is 0 Å². The first-order valence-corrected chi connectivity index (χ1v) is 16.4. The van der Waals surface area contributed by atoms with Gasteiger partial charge in [0.1, 0.15) is 11.2 Å². The third kappa shape index (κ3) is 4.57. The average Bonchev–Trinajstić information content (AvgIpc) is 3.56. The summed E-state index contributed by atoms with van der Waals surface area (Å²) in [6, 6.07) is 57.0.